The number of rotatable bonds is 6. The predicted octanol–water partition coefficient (Wildman–Crippen LogP) is 5.92. The van der Waals surface area contributed by atoms with E-state index in [0.29, 0.717) is 16.5 Å². The predicted molar refractivity (Wildman–Crippen MR) is 118 cm³/mol. The molecule has 1 N–H and O–H groups in total. The minimum absolute atomic E-state index is 0.00835. The van der Waals surface area contributed by atoms with E-state index in [1.54, 1.807) is 30.5 Å². The van der Waals surface area contributed by atoms with Gasteiger partial charge in [0.2, 0.25) is 0 Å². The summed E-state index contributed by atoms with van der Waals surface area (Å²) in [5.41, 5.74) is 1.79. The normalized spacial score (nSPS) is 10.7. The summed E-state index contributed by atoms with van der Waals surface area (Å²) < 4.78 is 6.63. The number of amides is 1. The fraction of sp³-hybridized carbons (Fsp3) is 0.0476. The first kappa shape index (κ1) is 20.0. The van der Waals surface area contributed by atoms with Crippen LogP contribution >= 0.6 is 27.3 Å². The van der Waals surface area contributed by atoms with Crippen LogP contribution in [0.1, 0.15) is 21.0 Å². The van der Waals surface area contributed by atoms with Crippen LogP contribution in [0.15, 0.2) is 75.8 Å². The average molecular weight is 484 g/mol. The van der Waals surface area contributed by atoms with Gasteiger partial charge in [0, 0.05) is 39.7 Å². The number of carbonyl (C=O) groups is 1. The van der Waals surface area contributed by atoms with Gasteiger partial charge >= 0.3 is 0 Å². The van der Waals surface area contributed by atoms with E-state index in [1.807, 2.05) is 24.3 Å². The maximum absolute atomic E-state index is 12.5. The summed E-state index contributed by atoms with van der Waals surface area (Å²) in [7, 11) is 0. The minimum atomic E-state index is -0.468. The molecule has 0 atom stereocenters. The van der Waals surface area contributed by atoms with E-state index in [2.05, 4.69) is 26.2 Å². The Hall–Kier alpha value is -3.30. The van der Waals surface area contributed by atoms with Crippen LogP contribution in [0.25, 0.3) is 11.3 Å². The van der Waals surface area contributed by atoms with Gasteiger partial charge in [0.25, 0.3) is 11.6 Å². The molecule has 1 amide bonds. The molecule has 0 aliphatic heterocycles. The number of nitro benzene ring substituents is 1. The van der Waals surface area contributed by atoms with Crippen molar-refractivity contribution in [2.75, 3.05) is 5.32 Å². The maximum atomic E-state index is 12.5. The van der Waals surface area contributed by atoms with Gasteiger partial charge in [0.1, 0.15) is 5.76 Å². The minimum Gasteiger partial charge on any atom is -0.451 e. The van der Waals surface area contributed by atoms with E-state index in [9.17, 15) is 14.9 Å². The summed E-state index contributed by atoms with van der Waals surface area (Å²) in [5.74, 6) is 0.172. The fourth-order valence-electron chi connectivity index (χ4n) is 2.77. The number of halogens is 1. The highest BCUT2D eigenvalue weighted by Gasteiger charge is 2.15. The van der Waals surface area contributed by atoms with Crippen molar-refractivity contribution < 1.29 is 14.1 Å². The van der Waals surface area contributed by atoms with E-state index in [-0.39, 0.29) is 11.4 Å². The van der Waals surface area contributed by atoms with Crippen LogP contribution in [0.5, 0.6) is 0 Å². The number of anilines is 1. The van der Waals surface area contributed by atoms with E-state index in [4.69, 9.17) is 4.42 Å². The van der Waals surface area contributed by atoms with Crippen molar-refractivity contribution in [3.8, 4) is 11.3 Å². The Morgan fingerprint density at radius 2 is 1.83 bits per heavy atom. The second kappa shape index (κ2) is 8.60. The third kappa shape index (κ3) is 4.64. The molecule has 0 saturated carbocycles. The lowest BCUT2D eigenvalue weighted by Crippen LogP contribution is -2.10. The fourth-order valence-corrected chi connectivity index (χ4v) is 3.88. The molecule has 0 spiro atoms. The Balaban J connectivity index is 1.41. The van der Waals surface area contributed by atoms with Gasteiger partial charge in [-0.3, -0.25) is 20.2 Å². The van der Waals surface area contributed by atoms with Gasteiger partial charge in [0.15, 0.2) is 10.9 Å². The molecule has 2 aromatic heterocycles. The smallest absolute Gasteiger partial charge is 0.293 e. The Morgan fingerprint density at radius 1 is 1.10 bits per heavy atom. The zero-order valence-electron chi connectivity index (χ0n) is 15.4. The molecule has 2 aromatic carbocycles. The molecule has 2 heterocycles. The number of carbonyl (C=O) groups excluding carboxylic acids is 1. The van der Waals surface area contributed by atoms with Gasteiger partial charge in [-0.1, -0.05) is 28.1 Å². The van der Waals surface area contributed by atoms with Crippen molar-refractivity contribution in [2.45, 2.75) is 6.42 Å². The van der Waals surface area contributed by atoms with Gasteiger partial charge in [-0.15, -0.1) is 11.3 Å². The molecule has 0 fully saturated rings. The van der Waals surface area contributed by atoms with Gasteiger partial charge in [-0.25, -0.2) is 4.98 Å². The first-order valence-electron chi connectivity index (χ1n) is 8.83. The molecule has 0 unspecified atom stereocenters. The highest BCUT2D eigenvalue weighted by atomic mass is 79.9. The van der Waals surface area contributed by atoms with Gasteiger partial charge in [-0.05, 0) is 42.0 Å². The number of nitrogens with one attached hydrogen (secondary N) is 1. The number of thiazole rings is 1. The van der Waals surface area contributed by atoms with Crippen LogP contribution in [-0.4, -0.2) is 15.8 Å². The highest BCUT2D eigenvalue weighted by molar-refractivity contribution is 9.10. The van der Waals surface area contributed by atoms with Crippen molar-refractivity contribution >= 4 is 44.0 Å². The maximum Gasteiger partial charge on any atom is 0.293 e. The van der Waals surface area contributed by atoms with Crippen LogP contribution in [0.2, 0.25) is 0 Å². The lowest BCUT2D eigenvalue weighted by molar-refractivity contribution is -0.384. The molecule has 4 aromatic rings. The summed E-state index contributed by atoms with van der Waals surface area (Å²) in [6, 6.07) is 17.2. The third-order valence-electron chi connectivity index (χ3n) is 4.26. The molecule has 150 valence electrons. The molecule has 0 aliphatic carbocycles. The highest BCUT2D eigenvalue weighted by Crippen LogP contribution is 2.26. The van der Waals surface area contributed by atoms with Crippen LogP contribution in [0.4, 0.5) is 10.8 Å². The quantitative estimate of drug-likeness (QED) is 0.271. The Kier molecular flexibility index (Phi) is 5.73. The average Bonchev–Trinajstić information content (AvgIpc) is 3.40. The first-order valence-corrected chi connectivity index (χ1v) is 10.4. The van der Waals surface area contributed by atoms with Gasteiger partial charge in [-0.2, -0.15) is 0 Å². The molecule has 9 heteroatoms. The van der Waals surface area contributed by atoms with Crippen molar-refractivity contribution in [3.05, 3.63) is 97.6 Å². The molecule has 30 heavy (non-hydrogen) atoms. The SMILES string of the molecule is O=C(Nc1ncc(Cc2ccc(Br)cc2)s1)c1ccc(-c2ccc([N+](=O)[O-])cc2)o1. The zero-order valence-corrected chi connectivity index (χ0v) is 17.8. The second-order valence-corrected chi connectivity index (χ2v) is 8.39. The van der Waals surface area contributed by atoms with Gasteiger partial charge in [0.05, 0.1) is 4.92 Å². The first-order chi connectivity index (χ1) is 14.5. The van der Waals surface area contributed by atoms with E-state index >= 15 is 0 Å². The Labute approximate surface area is 183 Å². The lowest BCUT2D eigenvalue weighted by atomic mass is 10.1. The largest absolute Gasteiger partial charge is 0.451 e. The molecule has 0 aliphatic rings. The number of aromatic nitrogens is 1. The van der Waals surface area contributed by atoms with Crippen molar-refractivity contribution in [1.29, 1.82) is 0 Å². The standard InChI is InChI=1S/C21H14BrN3O4S/c22-15-5-1-13(2-6-15)11-17-12-23-21(30-17)24-20(26)19-10-9-18(29-19)14-3-7-16(8-4-14)25(27)28/h1-10,12H,11H2,(H,23,24,26). The Bertz CT molecular complexity index is 1200. The summed E-state index contributed by atoms with van der Waals surface area (Å²) in [6.45, 7) is 0. The number of hydrogen-bond acceptors (Lipinski definition) is 6. The van der Waals surface area contributed by atoms with Crippen molar-refractivity contribution in [1.82, 2.24) is 4.98 Å². The number of benzene rings is 2. The number of non-ortho nitro benzene ring substituents is 1. The molecule has 7 nitrogen and oxygen atoms in total. The lowest BCUT2D eigenvalue weighted by Gasteiger charge is -2.00. The van der Waals surface area contributed by atoms with Crippen LogP contribution in [0.3, 0.4) is 0 Å². The monoisotopic (exact) mass is 483 g/mol. The Morgan fingerprint density at radius 3 is 2.53 bits per heavy atom. The van der Waals surface area contributed by atoms with Crippen LogP contribution in [0, 0.1) is 10.1 Å². The van der Waals surface area contributed by atoms with Crippen molar-refractivity contribution in [3.63, 3.8) is 0 Å². The van der Waals surface area contributed by atoms with Crippen LogP contribution in [-0.2, 0) is 6.42 Å². The van der Waals surface area contributed by atoms with Crippen molar-refractivity contribution in [2.24, 2.45) is 0 Å². The molecule has 0 bridgehead atoms. The number of furan rings is 1. The van der Waals surface area contributed by atoms with E-state index < -0.39 is 10.8 Å². The van der Waals surface area contributed by atoms with E-state index in [0.717, 1.165) is 21.3 Å². The number of nitrogens with zero attached hydrogens (tertiary/aromatic N) is 2. The van der Waals surface area contributed by atoms with E-state index in [1.165, 1.54) is 23.5 Å². The summed E-state index contributed by atoms with van der Waals surface area (Å²) >= 11 is 4.82. The molecule has 0 saturated heterocycles. The summed E-state index contributed by atoms with van der Waals surface area (Å²) in [6.07, 6.45) is 2.47. The third-order valence-corrected chi connectivity index (χ3v) is 5.70. The summed E-state index contributed by atoms with van der Waals surface area (Å²) in [5, 5.41) is 14.0. The summed E-state index contributed by atoms with van der Waals surface area (Å²) in [4.78, 5) is 28.0. The molecule has 4 rings (SSSR count). The molecule has 0 radical (unpaired) electrons. The topological polar surface area (TPSA) is 98.3 Å². The second-order valence-electron chi connectivity index (χ2n) is 6.36. The number of hydrogen-bond donors (Lipinski definition) is 1. The zero-order chi connectivity index (χ0) is 21.1. The molecular formula is C21H14BrN3O4S. The van der Waals surface area contributed by atoms with Gasteiger partial charge < -0.3 is 4.42 Å². The van der Waals surface area contributed by atoms with Crippen LogP contribution < -0.4 is 5.32 Å². The molecular weight excluding hydrogens is 470 g/mol. The number of nitro groups is 1.